The Morgan fingerprint density at radius 3 is 2.10 bits per heavy atom. The minimum Gasteiger partial charge on any atom is -0.259 e. The second kappa shape index (κ2) is 8.29. The first-order chi connectivity index (χ1) is 9.47. The lowest BCUT2D eigenvalue weighted by Crippen LogP contribution is -2.07. The predicted molar refractivity (Wildman–Crippen MR) is 69.0 cm³/mol. The van der Waals surface area contributed by atoms with E-state index in [4.69, 9.17) is 0 Å². The van der Waals surface area contributed by atoms with Crippen LogP contribution < -0.4 is 0 Å². The minimum atomic E-state index is -4.51. The van der Waals surface area contributed by atoms with Crippen LogP contribution in [0.2, 0.25) is 0 Å². The molecule has 0 aromatic carbocycles. The molecule has 2 aromatic rings. The summed E-state index contributed by atoms with van der Waals surface area (Å²) in [6, 6.07) is 1.85. The third-order valence-electron chi connectivity index (χ3n) is 1.83. The highest BCUT2D eigenvalue weighted by Gasteiger charge is 2.33. The molecule has 0 spiro atoms. The van der Waals surface area contributed by atoms with E-state index in [0.717, 1.165) is 29.2 Å². The van der Waals surface area contributed by atoms with Crippen LogP contribution in [0.25, 0.3) is 5.69 Å². The van der Waals surface area contributed by atoms with Crippen LogP contribution in [0.4, 0.5) is 17.6 Å². The summed E-state index contributed by atoms with van der Waals surface area (Å²) in [5, 5.41) is 3.28. The number of hydrogen-bond donors (Lipinski definition) is 0. The van der Waals surface area contributed by atoms with Gasteiger partial charge >= 0.3 is 6.18 Å². The van der Waals surface area contributed by atoms with Gasteiger partial charge in [-0.25, -0.2) is 9.07 Å². The van der Waals surface area contributed by atoms with E-state index in [0.29, 0.717) is 0 Å². The zero-order chi connectivity index (χ0) is 15.8. The Morgan fingerprint density at radius 1 is 1.05 bits per heavy atom. The number of nitrogens with zero attached hydrogens (tertiary/aromatic N) is 3. The van der Waals surface area contributed by atoms with Gasteiger partial charge in [0.1, 0.15) is 5.82 Å². The van der Waals surface area contributed by atoms with Gasteiger partial charge in [0.15, 0.2) is 5.69 Å². The first-order valence-electron chi connectivity index (χ1n) is 6.20. The van der Waals surface area contributed by atoms with Crippen molar-refractivity contribution in [2.45, 2.75) is 33.9 Å². The molecule has 0 aliphatic carbocycles. The van der Waals surface area contributed by atoms with Gasteiger partial charge in [0.2, 0.25) is 0 Å². The highest BCUT2D eigenvalue weighted by molar-refractivity contribution is 5.27. The Morgan fingerprint density at radius 2 is 1.65 bits per heavy atom. The molecule has 2 heterocycles. The average molecular weight is 291 g/mol. The van der Waals surface area contributed by atoms with Gasteiger partial charge in [-0.3, -0.25) is 4.98 Å². The molecule has 0 fully saturated rings. The van der Waals surface area contributed by atoms with Gasteiger partial charge in [0.05, 0.1) is 18.1 Å². The van der Waals surface area contributed by atoms with Gasteiger partial charge in [0.25, 0.3) is 0 Å². The molecule has 0 atom stereocenters. The molecule has 0 saturated heterocycles. The predicted octanol–water partition coefficient (Wildman–Crippen LogP) is 4.48. The SMILES string of the molecule is CC.CC.Fc1cncc(-n2ccc(C(F)(F)F)n2)c1. The smallest absolute Gasteiger partial charge is 0.259 e. The van der Waals surface area contributed by atoms with E-state index in [1.807, 2.05) is 27.7 Å². The van der Waals surface area contributed by atoms with E-state index < -0.39 is 17.7 Å². The Kier molecular flexibility index (Phi) is 7.49. The minimum absolute atomic E-state index is 0.135. The second-order valence-electron chi connectivity index (χ2n) is 3.00. The standard InChI is InChI=1S/C9H5F4N3.2C2H6/c10-6-3-7(5-14-4-6)16-2-1-8(15-16)9(11,12)13;2*1-2/h1-5H;2*1-2H3. The number of rotatable bonds is 1. The third kappa shape index (κ3) is 4.99. The highest BCUT2D eigenvalue weighted by atomic mass is 19.4. The molecule has 0 saturated carbocycles. The van der Waals surface area contributed by atoms with Crippen molar-refractivity contribution in [1.82, 2.24) is 14.8 Å². The van der Waals surface area contributed by atoms with E-state index in [-0.39, 0.29) is 5.69 Å². The van der Waals surface area contributed by atoms with E-state index in [1.165, 1.54) is 6.20 Å². The molecule has 0 radical (unpaired) electrons. The van der Waals surface area contributed by atoms with Crippen molar-refractivity contribution in [3.8, 4) is 5.69 Å². The van der Waals surface area contributed by atoms with Gasteiger partial charge in [-0.2, -0.15) is 18.3 Å². The summed E-state index contributed by atoms with van der Waals surface area (Å²) in [7, 11) is 0. The Balaban J connectivity index is 0.000000829. The van der Waals surface area contributed by atoms with E-state index in [1.54, 1.807) is 0 Å². The monoisotopic (exact) mass is 291 g/mol. The van der Waals surface area contributed by atoms with Gasteiger partial charge in [-0.1, -0.05) is 27.7 Å². The van der Waals surface area contributed by atoms with Gasteiger partial charge < -0.3 is 0 Å². The van der Waals surface area contributed by atoms with Crippen LogP contribution in [0.3, 0.4) is 0 Å². The van der Waals surface area contributed by atoms with Crippen molar-refractivity contribution in [2.24, 2.45) is 0 Å². The van der Waals surface area contributed by atoms with Crippen LogP contribution in [0.1, 0.15) is 33.4 Å². The number of alkyl halides is 3. The molecule has 0 aliphatic heterocycles. The maximum Gasteiger partial charge on any atom is 0.435 e. The largest absolute Gasteiger partial charge is 0.435 e. The van der Waals surface area contributed by atoms with Crippen molar-refractivity contribution in [3.05, 3.63) is 42.2 Å². The van der Waals surface area contributed by atoms with E-state index >= 15 is 0 Å². The Hall–Kier alpha value is -1.92. The molecule has 3 nitrogen and oxygen atoms in total. The summed E-state index contributed by atoms with van der Waals surface area (Å²) in [5.41, 5.74) is -0.896. The molecule has 0 amide bonds. The molecule has 2 aromatic heterocycles. The lowest BCUT2D eigenvalue weighted by Gasteiger charge is -2.02. The zero-order valence-corrected chi connectivity index (χ0v) is 11.7. The quantitative estimate of drug-likeness (QED) is 0.725. The first-order valence-corrected chi connectivity index (χ1v) is 6.20. The molecule has 0 N–H and O–H groups in total. The lowest BCUT2D eigenvalue weighted by molar-refractivity contribution is -0.141. The molecule has 112 valence electrons. The molecular formula is C13H17F4N3. The molecule has 0 bridgehead atoms. The van der Waals surface area contributed by atoms with Crippen LogP contribution in [-0.4, -0.2) is 14.8 Å². The van der Waals surface area contributed by atoms with Gasteiger partial charge in [-0.05, 0) is 6.07 Å². The van der Waals surface area contributed by atoms with E-state index in [2.05, 4.69) is 10.1 Å². The molecule has 7 heteroatoms. The number of pyridine rings is 1. The van der Waals surface area contributed by atoms with Crippen LogP contribution in [0.5, 0.6) is 0 Å². The number of hydrogen-bond acceptors (Lipinski definition) is 2. The first kappa shape index (κ1) is 18.1. The maximum absolute atomic E-state index is 12.8. The van der Waals surface area contributed by atoms with Gasteiger partial charge in [-0.15, -0.1) is 0 Å². The fourth-order valence-electron chi connectivity index (χ4n) is 1.14. The number of halogens is 4. The van der Waals surface area contributed by atoms with Crippen LogP contribution >= 0.6 is 0 Å². The Bertz CT molecular complexity index is 506. The molecule has 20 heavy (non-hydrogen) atoms. The molecule has 0 unspecified atom stereocenters. The maximum atomic E-state index is 12.8. The Labute approximate surface area is 115 Å². The second-order valence-corrected chi connectivity index (χ2v) is 3.00. The third-order valence-corrected chi connectivity index (χ3v) is 1.83. The van der Waals surface area contributed by atoms with Crippen LogP contribution in [-0.2, 0) is 6.18 Å². The lowest BCUT2D eigenvalue weighted by atomic mass is 10.4. The van der Waals surface area contributed by atoms with Crippen LogP contribution in [0, 0.1) is 5.82 Å². The highest BCUT2D eigenvalue weighted by Crippen LogP contribution is 2.27. The summed E-state index contributed by atoms with van der Waals surface area (Å²) in [5.74, 6) is -0.637. The van der Waals surface area contributed by atoms with Crippen molar-refractivity contribution in [2.75, 3.05) is 0 Å². The molecule has 0 aliphatic rings. The molecular weight excluding hydrogens is 274 g/mol. The summed E-state index contributed by atoms with van der Waals surface area (Å²) in [6.45, 7) is 8.00. The van der Waals surface area contributed by atoms with Crippen molar-refractivity contribution < 1.29 is 17.6 Å². The van der Waals surface area contributed by atoms with Crippen molar-refractivity contribution in [1.29, 1.82) is 0 Å². The summed E-state index contributed by atoms with van der Waals surface area (Å²) in [4.78, 5) is 3.51. The summed E-state index contributed by atoms with van der Waals surface area (Å²) < 4.78 is 50.4. The average Bonchev–Trinajstić information content (AvgIpc) is 2.93. The fraction of sp³-hybridized carbons (Fsp3) is 0.385. The fourth-order valence-corrected chi connectivity index (χ4v) is 1.14. The zero-order valence-electron chi connectivity index (χ0n) is 11.7. The van der Waals surface area contributed by atoms with Gasteiger partial charge in [0, 0.05) is 12.3 Å². The van der Waals surface area contributed by atoms with Crippen molar-refractivity contribution in [3.63, 3.8) is 0 Å². The summed E-state index contributed by atoms with van der Waals surface area (Å²) >= 11 is 0. The number of aromatic nitrogens is 3. The normalized spacial score (nSPS) is 10.0. The van der Waals surface area contributed by atoms with Crippen molar-refractivity contribution >= 4 is 0 Å². The topological polar surface area (TPSA) is 30.7 Å². The summed E-state index contributed by atoms with van der Waals surface area (Å²) in [6.07, 6.45) is -1.24. The molecule has 2 rings (SSSR count). The van der Waals surface area contributed by atoms with Crippen LogP contribution in [0.15, 0.2) is 30.7 Å². The van der Waals surface area contributed by atoms with E-state index in [9.17, 15) is 17.6 Å².